The van der Waals surface area contributed by atoms with Gasteiger partial charge in [-0.15, -0.1) is 0 Å². The molecule has 0 aliphatic carbocycles. The second-order valence-corrected chi connectivity index (χ2v) is 4.41. The highest BCUT2D eigenvalue weighted by Crippen LogP contribution is 2.12. The van der Waals surface area contributed by atoms with Gasteiger partial charge in [-0.1, -0.05) is 12.1 Å². The van der Waals surface area contributed by atoms with Crippen molar-refractivity contribution in [2.45, 2.75) is 20.4 Å². The number of anilines is 2. The lowest BCUT2D eigenvalue weighted by Gasteiger charge is -2.09. The monoisotopic (exact) mass is 267 g/mol. The fourth-order valence-corrected chi connectivity index (χ4v) is 1.84. The van der Waals surface area contributed by atoms with E-state index in [1.54, 1.807) is 6.07 Å². The molecule has 5 nitrogen and oxygen atoms in total. The molecule has 0 spiro atoms. The van der Waals surface area contributed by atoms with Crippen LogP contribution in [0.5, 0.6) is 0 Å². The lowest BCUT2D eigenvalue weighted by molar-refractivity contribution is 1.03. The van der Waals surface area contributed by atoms with Crippen LogP contribution in [-0.4, -0.2) is 16.5 Å². The van der Waals surface area contributed by atoms with E-state index in [9.17, 15) is 0 Å². The maximum Gasteiger partial charge on any atom is 0.224 e. The Hall–Kier alpha value is -2.61. The summed E-state index contributed by atoms with van der Waals surface area (Å²) in [6, 6.07) is 11.6. The molecule has 1 aromatic carbocycles. The molecule has 0 bridgehead atoms. The number of aromatic nitrogens is 2. The number of aryl methyl sites for hydroxylation is 1. The minimum Gasteiger partial charge on any atom is -0.366 e. The molecule has 102 valence electrons. The molecule has 2 N–H and O–H groups in total. The Morgan fingerprint density at radius 2 is 2.05 bits per heavy atom. The Morgan fingerprint density at radius 1 is 1.20 bits per heavy atom. The van der Waals surface area contributed by atoms with Gasteiger partial charge in [-0.3, -0.25) is 0 Å². The van der Waals surface area contributed by atoms with E-state index in [0.717, 1.165) is 23.6 Å². The molecule has 1 aromatic heterocycles. The standard InChI is InChI=1S/C15H17N5/c1-3-17-15-19-11(2)7-14(20-15)18-10-13-6-4-5-12(8-13)9-16/h4-8H,3,10H2,1-2H3,(H2,17,18,19,20). The summed E-state index contributed by atoms with van der Waals surface area (Å²) < 4.78 is 0. The summed E-state index contributed by atoms with van der Waals surface area (Å²) >= 11 is 0. The molecule has 0 fully saturated rings. The van der Waals surface area contributed by atoms with Gasteiger partial charge in [0.25, 0.3) is 0 Å². The second-order valence-electron chi connectivity index (χ2n) is 4.41. The van der Waals surface area contributed by atoms with Gasteiger partial charge in [-0.25, -0.2) is 4.98 Å². The summed E-state index contributed by atoms with van der Waals surface area (Å²) in [6.07, 6.45) is 0. The zero-order valence-corrected chi connectivity index (χ0v) is 11.6. The van der Waals surface area contributed by atoms with E-state index in [-0.39, 0.29) is 0 Å². The minimum absolute atomic E-state index is 0.623. The number of nitriles is 1. The van der Waals surface area contributed by atoms with Crippen molar-refractivity contribution >= 4 is 11.8 Å². The highest BCUT2D eigenvalue weighted by molar-refractivity contribution is 5.43. The van der Waals surface area contributed by atoms with Crippen molar-refractivity contribution in [1.82, 2.24) is 9.97 Å². The molecule has 0 saturated carbocycles. The zero-order chi connectivity index (χ0) is 14.4. The summed E-state index contributed by atoms with van der Waals surface area (Å²) in [5.74, 6) is 1.40. The quantitative estimate of drug-likeness (QED) is 0.871. The normalized spacial score (nSPS) is 9.85. The van der Waals surface area contributed by atoms with Crippen LogP contribution in [0.1, 0.15) is 23.7 Å². The first-order valence-corrected chi connectivity index (χ1v) is 6.53. The highest BCUT2D eigenvalue weighted by Gasteiger charge is 2.02. The van der Waals surface area contributed by atoms with E-state index in [4.69, 9.17) is 5.26 Å². The van der Waals surface area contributed by atoms with Gasteiger partial charge in [0, 0.05) is 24.8 Å². The van der Waals surface area contributed by atoms with Crippen LogP contribution in [0.4, 0.5) is 11.8 Å². The Labute approximate surface area is 118 Å². The van der Waals surface area contributed by atoms with E-state index in [2.05, 4.69) is 26.7 Å². The number of hydrogen-bond acceptors (Lipinski definition) is 5. The van der Waals surface area contributed by atoms with Crippen molar-refractivity contribution in [2.24, 2.45) is 0 Å². The van der Waals surface area contributed by atoms with Crippen molar-refractivity contribution in [2.75, 3.05) is 17.2 Å². The van der Waals surface area contributed by atoms with Crippen LogP contribution >= 0.6 is 0 Å². The van der Waals surface area contributed by atoms with Gasteiger partial charge < -0.3 is 10.6 Å². The number of benzene rings is 1. The van der Waals surface area contributed by atoms with Crippen LogP contribution in [0.15, 0.2) is 30.3 Å². The SMILES string of the molecule is CCNc1nc(C)cc(NCc2cccc(C#N)c2)n1. The van der Waals surface area contributed by atoms with Crippen LogP contribution in [0, 0.1) is 18.3 Å². The lowest BCUT2D eigenvalue weighted by atomic mass is 10.1. The molecule has 0 aliphatic rings. The molecule has 0 atom stereocenters. The summed E-state index contributed by atoms with van der Waals surface area (Å²) in [6.45, 7) is 5.35. The van der Waals surface area contributed by atoms with Crippen molar-refractivity contribution in [3.05, 3.63) is 47.2 Å². The first-order valence-electron chi connectivity index (χ1n) is 6.53. The smallest absolute Gasteiger partial charge is 0.224 e. The van der Waals surface area contributed by atoms with Crippen LogP contribution in [0.3, 0.4) is 0 Å². The first-order chi connectivity index (χ1) is 9.71. The van der Waals surface area contributed by atoms with Crippen molar-refractivity contribution in [3.8, 4) is 6.07 Å². The topological polar surface area (TPSA) is 73.6 Å². The number of rotatable bonds is 5. The van der Waals surface area contributed by atoms with Crippen molar-refractivity contribution in [3.63, 3.8) is 0 Å². The number of nitrogens with zero attached hydrogens (tertiary/aromatic N) is 3. The van der Waals surface area contributed by atoms with Gasteiger partial charge in [0.05, 0.1) is 11.6 Å². The average Bonchev–Trinajstić information content (AvgIpc) is 2.45. The molecule has 1 heterocycles. The van der Waals surface area contributed by atoms with E-state index in [1.165, 1.54) is 0 Å². The summed E-state index contributed by atoms with van der Waals surface area (Å²) in [5.41, 5.74) is 2.62. The third-order valence-corrected chi connectivity index (χ3v) is 2.72. The maximum atomic E-state index is 8.88. The average molecular weight is 267 g/mol. The van der Waals surface area contributed by atoms with E-state index in [1.807, 2.05) is 38.1 Å². The van der Waals surface area contributed by atoms with Crippen molar-refractivity contribution in [1.29, 1.82) is 5.26 Å². The third-order valence-electron chi connectivity index (χ3n) is 2.72. The summed E-state index contributed by atoms with van der Waals surface area (Å²) in [4.78, 5) is 8.68. The third kappa shape index (κ3) is 3.69. The minimum atomic E-state index is 0.623. The van der Waals surface area contributed by atoms with Gasteiger partial charge in [0.1, 0.15) is 5.82 Å². The Kier molecular flexibility index (Phi) is 4.51. The lowest BCUT2D eigenvalue weighted by Crippen LogP contribution is -2.07. The molecule has 0 aliphatic heterocycles. The Balaban J connectivity index is 2.08. The van der Waals surface area contributed by atoms with Crippen LogP contribution in [0.25, 0.3) is 0 Å². The largest absolute Gasteiger partial charge is 0.366 e. The summed E-state index contributed by atoms with van der Waals surface area (Å²) in [7, 11) is 0. The van der Waals surface area contributed by atoms with Gasteiger partial charge in [0.15, 0.2) is 0 Å². The summed E-state index contributed by atoms with van der Waals surface area (Å²) in [5, 5.41) is 15.2. The molecular formula is C15H17N5. The second kappa shape index (κ2) is 6.53. The van der Waals surface area contributed by atoms with Gasteiger partial charge >= 0.3 is 0 Å². The fraction of sp³-hybridized carbons (Fsp3) is 0.267. The molecule has 0 unspecified atom stereocenters. The number of nitrogens with one attached hydrogen (secondary N) is 2. The predicted octanol–water partition coefficient (Wildman–Crippen LogP) is 2.70. The van der Waals surface area contributed by atoms with E-state index >= 15 is 0 Å². The van der Waals surface area contributed by atoms with Gasteiger partial charge in [-0.05, 0) is 31.5 Å². The van der Waals surface area contributed by atoms with Crippen LogP contribution in [-0.2, 0) is 6.54 Å². The van der Waals surface area contributed by atoms with E-state index in [0.29, 0.717) is 18.1 Å². The molecule has 2 rings (SSSR count). The fourth-order valence-electron chi connectivity index (χ4n) is 1.84. The Bertz CT molecular complexity index is 630. The van der Waals surface area contributed by atoms with E-state index < -0.39 is 0 Å². The van der Waals surface area contributed by atoms with Crippen LogP contribution in [0.2, 0.25) is 0 Å². The van der Waals surface area contributed by atoms with Gasteiger partial charge in [0.2, 0.25) is 5.95 Å². The van der Waals surface area contributed by atoms with Crippen LogP contribution < -0.4 is 10.6 Å². The maximum absolute atomic E-state index is 8.88. The molecule has 5 heteroatoms. The molecular weight excluding hydrogens is 250 g/mol. The zero-order valence-electron chi connectivity index (χ0n) is 11.6. The number of hydrogen-bond donors (Lipinski definition) is 2. The molecule has 2 aromatic rings. The van der Waals surface area contributed by atoms with Gasteiger partial charge in [-0.2, -0.15) is 10.2 Å². The molecule has 0 radical (unpaired) electrons. The Morgan fingerprint density at radius 3 is 2.80 bits per heavy atom. The molecule has 20 heavy (non-hydrogen) atoms. The first kappa shape index (κ1) is 13.8. The molecule has 0 amide bonds. The van der Waals surface area contributed by atoms with Crippen molar-refractivity contribution < 1.29 is 0 Å². The molecule has 0 saturated heterocycles. The predicted molar refractivity (Wildman–Crippen MR) is 79.4 cm³/mol. The highest BCUT2D eigenvalue weighted by atomic mass is 15.1.